The molecule has 2 heterocycles. The van der Waals surface area contributed by atoms with E-state index in [1.807, 2.05) is 19.1 Å². The number of ether oxygens (including phenoxy) is 1. The second kappa shape index (κ2) is 6.75. The van der Waals surface area contributed by atoms with Crippen molar-refractivity contribution in [2.24, 2.45) is 0 Å². The molecule has 0 aliphatic carbocycles. The number of sulfonamides is 1. The largest absolute Gasteiger partial charge is 0.374 e. The quantitative estimate of drug-likeness (QED) is 0.868. The lowest BCUT2D eigenvalue weighted by Crippen LogP contribution is -2.49. The lowest BCUT2D eigenvalue weighted by Gasteiger charge is -2.31. The number of nitrogens with zero attached hydrogens (tertiary/aromatic N) is 2. The molecule has 1 aliphatic heterocycles. The van der Waals surface area contributed by atoms with Crippen LogP contribution in [0.25, 0.3) is 10.2 Å². The molecule has 1 aromatic heterocycles. The Morgan fingerprint density at radius 2 is 2.29 bits per heavy atom. The van der Waals surface area contributed by atoms with E-state index in [2.05, 4.69) is 10.3 Å². The summed E-state index contributed by atoms with van der Waals surface area (Å²) in [4.78, 5) is 16.7. The predicted octanol–water partition coefficient (Wildman–Crippen LogP) is 0.995. The van der Waals surface area contributed by atoms with Crippen LogP contribution in [0.2, 0.25) is 0 Å². The van der Waals surface area contributed by atoms with E-state index in [-0.39, 0.29) is 25.1 Å². The maximum atomic E-state index is 12.3. The first-order chi connectivity index (χ1) is 11.3. The molecular formula is C15H19N3O4S2. The first-order valence-electron chi connectivity index (χ1n) is 7.55. The Hall–Kier alpha value is -1.55. The van der Waals surface area contributed by atoms with Gasteiger partial charge in [0.25, 0.3) is 5.91 Å². The summed E-state index contributed by atoms with van der Waals surface area (Å²) in [6, 6.07) is 5.39. The fourth-order valence-electron chi connectivity index (χ4n) is 2.61. The highest BCUT2D eigenvalue weighted by atomic mass is 32.2. The summed E-state index contributed by atoms with van der Waals surface area (Å²) in [6.07, 6.45) is 0.840. The van der Waals surface area contributed by atoms with Crippen LogP contribution in [0, 0.1) is 6.92 Å². The first-order valence-corrected chi connectivity index (χ1v) is 10.2. The van der Waals surface area contributed by atoms with Gasteiger partial charge in [-0.3, -0.25) is 4.79 Å². The molecule has 1 fully saturated rings. The predicted molar refractivity (Wildman–Crippen MR) is 92.8 cm³/mol. The monoisotopic (exact) mass is 369 g/mol. The molecule has 1 atom stereocenters. The fourth-order valence-corrected chi connectivity index (χ4v) is 4.32. The van der Waals surface area contributed by atoms with E-state index in [1.54, 1.807) is 17.4 Å². The number of amides is 1. The first kappa shape index (κ1) is 17.3. The second-order valence-electron chi connectivity index (χ2n) is 5.74. The molecule has 1 amide bonds. The summed E-state index contributed by atoms with van der Waals surface area (Å²) in [6.45, 7) is 3.14. The molecule has 3 rings (SSSR count). The summed E-state index contributed by atoms with van der Waals surface area (Å²) < 4.78 is 31.1. The second-order valence-corrected chi connectivity index (χ2v) is 8.96. The minimum atomic E-state index is -3.24. The van der Waals surface area contributed by atoms with Crippen molar-refractivity contribution < 1.29 is 17.9 Å². The Morgan fingerprint density at radius 3 is 3.04 bits per heavy atom. The van der Waals surface area contributed by atoms with Gasteiger partial charge in [0.15, 0.2) is 0 Å². The molecule has 0 saturated carbocycles. The highest BCUT2D eigenvalue weighted by Crippen LogP contribution is 2.22. The molecule has 2 aromatic rings. The smallest absolute Gasteiger partial charge is 0.251 e. The van der Waals surface area contributed by atoms with Gasteiger partial charge in [-0.25, -0.2) is 13.4 Å². The molecule has 24 heavy (non-hydrogen) atoms. The third-order valence-electron chi connectivity index (χ3n) is 3.82. The number of aromatic nitrogens is 1. The maximum Gasteiger partial charge on any atom is 0.251 e. The van der Waals surface area contributed by atoms with Gasteiger partial charge in [0, 0.05) is 25.2 Å². The van der Waals surface area contributed by atoms with Gasteiger partial charge in [0.1, 0.15) is 0 Å². The minimum absolute atomic E-state index is 0.206. The highest BCUT2D eigenvalue weighted by Gasteiger charge is 2.26. The zero-order valence-corrected chi connectivity index (χ0v) is 15.1. The van der Waals surface area contributed by atoms with Crippen LogP contribution in [0.3, 0.4) is 0 Å². The van der Waals surface area contributed by atoms with Gasteiger partial charge in [0.2, 0.25) is 10.0 Å². The number of fused-ring (bicyclic) bond motifs is 1. The van der Waals surface area contributed by atoms with Gasteiger partial charge in [-0.15, -0.1) is 11.3 Å². The van der Waals surface area contributed by atoms with Crippen LogP contribution in [-0.2, 0) is 14.8 Å². The third-order valence-corrected chi connectivity index (χ3v) is 6.02. The Balaban J connectivity index is 1.62. The number of rotatable bonds is 4. The van der Waals surface area contributed by atoms with Crippen LogP contribution < -0.4 is 5.32 Å². The Morgan fingerprint density at radius 1 is 1.50 bits per heavy atom. The fraction of sp³-hybridized carbons (Fsp3) is 0.467. The Kier molecular flexibility index (Phi) is 4.86. The van der Waals surface area contributed by atoms with Crippen molar-refractivity contribution in [2.75, 3.05) is 32.5 Å². The van der Waals surface area contributed by atoms with Crippen molar-refractivity contribution in [3.63, 3.8) is 0 Å². The average molecular weight is 369 g/mol. The number of hydrogen-bond donors (Lipinski definition) is 1. The summed E-state index contributed by atoms with van der Waals surface area (Å²) in [5.41, 5.74) is 1.44. The molecule has 130 valence electrons. The number of aryl methyl sites for hydroxylation is 1. The Bertz CT molecular complexity index is 863. The van der Waals surface area contributed by atoms with Crippen molar-refractivity contribution in [2.45, 2.75) is 13.0 Å². The number of thiazole rings is 1. The standard InChI is InChI=1S/C15H19N3O4S2/c1-10-17-13-4-3-11(7-14(13)23-10)15(19)16-8-12-9-18(5-6-22-12)24(2,20)21/h3-4,7,12H,5-6,8-9H2,1-2H3,(H,16,19)/t12-/m0/s1. The normalized spacial score (nSPS) is 19.5. The van der Waals surface area contributed by atoms with Crippen molar-refractivity contribution in [3.8, 4) is 0 Å². The van der Waals surface area contributed by atoms with E-state index >= 15 is 0 Å². The number of hydrogen-bond acceptors (Lipinski definition) is 6. The SMILES string of the molecule is Cc1nc2ccc(C(=O)NC[C@H]3CN(S(C)(=O)=O)CCO3)cc2s1. The van der Waals surface area contributed by atoms with Crippen LogP contribution in [0.4, 0.5) is 0 Å². The number of carbonyl (C=O) groups is 1. The van der Waals surface area contributed by atoms with E-state index < -0.39 is 10.0 Å². The molecule has 1 aromatic carbocycles. The van der Waals surface area contributed by atoms with Gasteiger partial charge in [0.05, 0.1) is 34.2 Å². The number of carbonyl (C=O) groups excluding carboxylic acids is 1. The average Bonchev–Trinajstić information content (AvgIpc) is 2.91. The van der Waals surface area contributed by atoms with Crippen molar-refractivity contribution in [1.29, 1.82) is 0 Å². The van der Waals surface area contributed by atoms with E-state index in [9.17, 15) is 13.2 Å². The molecule has 0 bridgehead atoms. The third kappa shape index (κ3) is 3.92. The lowest BCUT2D eigenvalue weighted by atomic mass is 10.2. The van der Waals surface area contributed by atoms with Crippen molar-refractivity contribution >= 4 is 37.5 Å². The molecule has 0 spiro atoms. The number of benzene rings is 1. The lowest BCUT2D eigenvalue weighted by molar-refractivity contribution is 0.000439. The molecule has 1 saturated heterocycles. The highest BCUT2D eigenvalue weighted by molar-refractivity contribution is 7.88. The van der Waals surface area contributed by atoms with Crippen LogP contribution in [0.5, 0.6) is 0 Å². The maximum absolute atomic E-state index is 12.3. The van der Waals surface area contributed by atoms with E-state index in [0.717, 1.165) is 15.2 Å². The van der Waals surface area contributed by atoms with Gasteiger partial charge in [-0.2, -0.15) is 4.31 Å². The van der Waals surface area contributed by atoms with E-state index in [1.165, 1.54) is 10.6 Å². The summed E-state index contributed by atoms with van der Waals surface area (Å²) >= 11 is 1.54. The molecule has 1 aliphatic rings. The summed E-state index contributed by atoms with van der Waals surface area (Å²) in [5, 5.41) is 3.77. The molecule has 7 nitrogen and oxygen atoms in total. The topological polar surface area (TPSA) is 88.6 Å². The van der Waals surface area contributed by atoms with Crippen LogP contribution in [0.15, 0.2) is 18.2 Å². The Labute approximate surface area is 144 Å². The summed E-state index contributed by atoms with van der Waals surface area (Å²) in [5.74, 6) is -0.206. The molecule has 1 N–H and O–H groups in total. The molecule has 9 heteroatoms. The summed E-state index contributed by atoms with van der Waals surface area (Å²) in [7, 11) is -3.24. The van der Waals surface area contributed by atoms with Crippen LogP contribution in [0.1, 0.15) is 15.4 Å². The van der Waals surface area contributed by atoms with E-state index in [4.69, 9.17) is 4.74 Å². The molecular weight excluding hydrogens is 350 g/mol. The van der Waals surface area contributed by atoms with Gasteiger partial charge in [-0.1, -0.05) is 0 Å². The van der Waals surface area contributed by atoms with Gasteiger partial charge >= 0.3 is 0 Å². The zero-order valence-electron chi connectivity index (χ0n) is 13.5. The van der Waals surface area contributed by atoms with Gasteiger partial charge in [-0.05, 0) is 25.1 Å². The molecule has 0 radical (unpaired) electrons. The van der Waals surface area contributed by atoms with E-state index in [0.29, 0.717) is 18.7 Å². The van der Waals surface area contributed by atoms with Crippen molar-refractivity contribution in [1.82, 2.24) is 14.6 Å². The minimum Gasteiger partial charge on any atom is -0.374 e. The van der Waals surface area contributed by atoms with Gasteiger partial charge < -0.3 is 10.1 Å². The number of morpholine rings is 1. The van der Waals surface area contributed by atoms with Crippen LogP contribution >= 0.6 is 11.3 Å². The zero-order chi connectivity index (χ0) is 17.3. The van der Waals surface area contributed by atoms with Crippen molar-refractivity contribution in [3.05, 3.63) is 28.8 Å². The van der Waals surface area contributed by atoms with Crippen LogP contribution in [-0.4, -0.2) is 62.2 Å². The molecule has 0 unspecified atom stereocenters. The number of nitrogens with one attached hydrogen (secondary N) is 1.